The lowest BCUT2D eigenvalue weighted by Gasteiger charge is -2.38. The van der Waals surface area contributed by atoms with Crippen molar-refractivity contribution in [2.75, 3.05) is 31.2 Å². The highest BCUT2D eigenvalue weighted by Crippen LogP contribution is 2.39. The number of aromatic nitrogens is 1. The molecule has 2 aromatic rings. The average molecular weight is 393 g/mol. The number of amides is 2. The summed E-state index contributed by atoms with van der Waals surface area (Å²) in [4.78, 5) is 34.2. The molecule has 1 atom stereocenters. The summed E-state index contributed by atoms with van der Waals surface area (Å²) >= 11 is 0. The van der Waals surface area contributed by atoms with Crippen LogP contribution in [0, 0.1) is 0 Å². The van der Waals surface area contributed by atoms with E-state index in [0.717, 1.165) is 5.69 Å². The van der Waals surface area contributed by atoms with E-state index >= 15 is 0 Å². The third kappa shape index (κ3) is 3.20. The molecule has 150 valence electrons. The van der Waals surface area contributed by atoms with Gasteiger partial charge in [0, 0.05) is 37.8 Å². The van der Waals surface area contributed by atoms with Crippen LogP contribution in [0.4, 0.5) is 5.69 Å². The fourth-order valence-electron chi connectivity index (χ4n) is 4.51. The molecule has 0 aliphatic carbocycles. The third-order valence-corrected chi connectivity index (χ3v) is 6.01. The lowest BCUT2D eigenvalue weighted by molar-refractivity contribution is -0.187. The Morgan fingerprint density at radius 1 is 1.07 bits per heavy atom. The van der Waals surface area contributed by atoms with Crippen molar-refractivity contribution in [2.45, 2.75) is 31.1 Å². The van der Waals surface area contributed by atoms with E-state index in [1.165, 1.54) is 0 Å². The maximum absolute atomic E-state index is 13.1. The normalized spacial score (nSPS) is 22.9. The molecule has 2 amide bonds. The molecule has 7 heteroatoms. The van der Waals surface area contributed by atoms with Crippen LogP contribution in [0.25, 0.3) is 0 Å². The minimum absolute atomic E-state index is 0.0232. The van der Waals surface area contributed by atoms with Crippen LogP contribution in [0.3, 0.4) is 0 Å². The molecule has 1 spiro atoms. The molecule has 0 bridgehead atoms. The van der Waals surface area contributed by atoms with Gasteiger partial charge in [-0.2, -0.15) is 0 Å². The van der Waals surface area contributed by atoms with Crippen LogP contribution in [0.5, 0.6) is 0 Å². The number of ether oxygens (including phenoxy) is 2. The summed E-state index contributed by atoms with van der Waals surface area (Å²) in [5.74, 6) is -0.595. The Morgan fingerprint density at radius 3 is 2.52 bits per heavy atom. The Bertz CT molecular complexity index is 917. The van der Waals surface area contributed by atoms with Gasteiger partial charge in [0.1, 0.15) is 0 Å². The van der Waals surface area contributed by atoms with Crippen LogP contribution in [0.1, 0.15) is 41.4 Å². The SMILES string of the molecule is O=C(CC1c2ncccc2C(=O)N1c1ccccc1)N1CCC2(CC1)OCCO2. The van der Waals surface area contributed by atoms with Gasteiger partial charge >= 0.3 is 0 Å². The molecule has 2 saturated heterocycles. The number of anilines is 1. The van der Waals surface area contributed by atoms with Crippen LogP contribution >= 0.6 is 0 Å². The topological polar surface area (TPSA) is 72.0 Å². The second-order valence-corrected chi connectivity index (χ2v) is 7.66. The van der Waals surface area contributed by atoms with Gasteiger partial charge in [0.2, 0.25) is 5.91 Å². The Hall–Kier alpha value is -2.77. The number of fused-ring (bicyclic) bond motifs is 1. The number of carbonyl (C=O) groups excluding carboxylic acids is 2. The van der Waals surface area contributed by atoms with Crippen molar-refractivity contribution in [3.8, 4) is 0 Å². The summed E-state index contributed by atoms with van der Waals surface area (Å²) in [6.45, 7) is 2.43. The van der Waals surface area contributed by atoms with Gasteiger partial charge in [-0.1, -0.05) is 18.2 Å². The van der Waals surface area contributed by atoms with Crippen molar-refractivity contribution in [1.29, 1.82) is 0 Å². The number of hydrogen-bond acceptors (Lipinski definition) is 5. The van der Waals surface area contributed by atoms with Crippen molar-refractivity contribution in [2.24, 2.45) is 0 Å². The quantitative estimate of drug-likeness (QED) is 0.801. The molecule has 0 saturated carbocycles. The van der Waals surface area contributed by atoms with E-state index in [-0.39, 0.29) is 18.2 Å². The predicted molar refractivity (Wildman–Crippen MR) is 105 cm³/mol. The molecule has 5 rings (SSSR count). The monoisotopic (exact) mass is 393 g/mol. The number of pyridine rings is 1. The number of likely N-dealkylation sites (tertiary alicyclic amines) is 1. The number of carbonyl (C=O) groups is 2. The highest BCUT2D eigenvalue weighted by molar-refractivity contribution is 6.11. The molecular formula is C22H23N3O4. The lowest BCUT2D eigenvalue weighted by atomic mass is 10.0. The minimum Gasteiger partial charge on any atom is -0.347 e. The van der Waals surface area contributed by atoms with Crippen molar-refractivity contribution in [1.82, 2.24) is 9.88 Å². The molecule has 0 N–H and O–H groups in total. The summed E-state index contributed by atoms with van der Waals surface area (Å²) in [6.07, 6.45) is 3.25. The molecule has 1 aromatic heterocycles. The van der Waals surface area contributed by atoms with Gasteiger partial charge in [-0.05, 0) is 24.3 Å². The number of benzene rings is 1. The molecule has 3 aliphatic heterocycles. The number of rotatable bonds is 3. The third-order valence-electron chi connectivity index (χ3n) is 6.01. The van der Waals surface area contributed by atoms with Crippen molar-refractivity contribution in [3.05, 3.63) is 59.9 Å². The minimum atomic E-state index is -0.510. The second kappa shape index (κ2) is 7.24. The van der Waals surface area contributed by atoms with Crippen LogP contribution in [-0.2, 0) is 14.3 Å². The van der Waals surface area contributed by atoms with Gasteiger partial charge in [-0.3, -0.25) is 19.5 Å². The molecule has 7 nitrogen and oxygen atoms in total. The lowest BCUT2D eigenvalue weighted by Crippen LogP contribution is -2.48. The molecule has 29 heavy (non-hydrogen) atoms. The average Bonchev–Trinajstić information content (AvgIpc) is 3.32. The Labute approximate surface area is 169 Å². The van der Waals surface area contributed by atoms with Gasteiger partial charge < -0.3 is 14.4 Å². The molecular weight excluding hydrogens is 370 g/mol. The van der Waals surface area contributed by atoms with Crippen molar-refractivity contribution >= 4 is 17.5 Å². The summed E-state index contributed by atoms with van der Waals surface area (Å²) in [7, 11) is 0. The van der Waals surface area contributed by atoms with Crippen molar-refractivity contribution in [3.63, 3.8) is 0 Å². The molecule has 0 radical (unpaired) electrons. The second-order valence-electron chi connectivity index (χ2n) is 7.66. The Kier molecular flexibility index (Phi) is 4.56. The number of hydrogen-bond donors (Lipinski definition) is 0. The fraction of sp³-hybridized carbons (Fsp3) is 0.409. The molecule has 3 aliphatic rings. The fourth-order valence-corrected chi connectivity index (χ4v) is 4.51. The van der Waals surface area contributed by atoms with Crippen LogP contribution < -0.4 is 4.90 Å². The first kappa shape index (κ1) is 18.3. The highest BCUT2D eigenvalue weighted by Gasteiger charge is 2.43. The van der Waals surface area contributed by atoms with E-state index < -0.39 is 11.8 Å². The van der Waals surface area contributed by atoms with Crippen molar-refractivity contribution < 1.29 is 19.1 Å². The summed E-state index contributed by atoms with van der Waals surface area (Å²) in [5.41, 5.74) is 2.02. The predicted octanol–water partition coefficient (Wildman–Crippen LogP) is 2.54. The number of piperidine rings is 1. The summed E-state index contributed by atoms with van der Waals surface area (Å²) in [6, 6.07) is 12.6. The van der Waals surface area contributed by atoms with Crippen LogP contribution in [0.2, 0.25) is 0 Å². The first-order valence-corrected chi connectivity index (χ1v) is 10.1. The largest absolute Gasteiger partial charge is 0.347 e. The smallest absolute Gasteiger partial charge is 0.260 e. The zero-order valence-electron chi connectivity index (χ0n) is 16.1. The highest BCUT2D eigenvalue weighted by atomic mass is 16.7. The zero-order chi connectivity index (χ0) is 19.8. The molecule has 1 aromatic carbocycles. The molecule has 4 heterocycles. The Morgan fingerprint density at radius 2 is 1.79 bits per heavy atom. The van der Waals surface area contributed by atoms with Gasteiger partial charge in [-0.15, -0.1) is 0 Å². The van der Waals surface area contributed by atoms with E-state index in [0.29, 0.717) is 50.4 Å². The van der Waals surface area contributed by atoms with Crippen LogP contribution in [-0.4, -0.2) is 53.8 Å². The van der Waals surface area contributed by atoms with Gasteiger partial charge in [-0.25, -0.2) is 0 Å². The van der Waals surface area contributed by atoms with E-state index in [1.807, 2.05) is 35.2 Å². The van der Waals surface area contributed by atoms with E-state index in [2.05, 4.69) is 4.98 Å². The maximum Gasteiger partial charge on any atom is 0.260 e. The number of para-hydroxylation sites is 1. The zero-order valence-corrected chi connectivity index (χ0v) is 16.1. The standard InChI is InChI=1S/C22H23N3O4/c26-19(24-11-8-22(9-12-24)28-13-14-29-22)15-18-20-17(7-4-10-23-20)21(27)25(18)16-5-2-1-3-6-16/h1-7,10,18H,8-9,11-15H2. The van der Waals surface area contributed by atoms with E-state index in [9.17, 15) is 9.59 Å². The number of nitrogens with zero attached hydrogens (tertiary/aromatic N) is 3. The maximum atomic E-state index is 13.1. The molecule has 1 unspecified atom stereocenters. The first-order chi connectivity index (χ1) is 14.2. The van der Waals surface area contributed by atoms with Crippen LogP contribution in [0.15, 0.2) is 48.7 Å². The first-order valence-electron chi connectivity index (χ1n) is 10.1. The van der Waals surface area contributed by atoms with Gasteiger partial charge in [0.05, 0.1) is 36.9 Å². The molecule has 2 fully saturated rings. The Balaban J connectivity index is 1.37. The van der Waals surface area contributed by atoms with Gasteiger partial charge in [0.25, 0.3) is 5.91 Å². The summed E-state index contributed by atoms with van der Waals surface area (Å²) in [5, 5.41) is 0. The van der Waals surface area contributed by atoms with Gasteiger partial charge in [0.15, 0.2) is 5.79 Å². The van der Waals surface area contributed by atoms with E-state index in [1.54, 1.807) is 23.2 Å². The van der Waals surface area contributed by atoms with E-state index in [4.69, 9.17) is 9.47 Å². The summed E-state index contributed by atoms with van der Waals surface area (Å²) < 4.78 is 11.5.